The maximum atomic E-state index is 10.1. The first-order chi connectivity index (χ1) is 5.20. The van der Waals surface area contributed by atoms with Crippen molar-refractivity contribution in [2.75, 3.05) is 0 Å². The standard InChI is InChI=1S/C9H14O2/c1-3-5-8(4-2)6-7-9(10)11/h8H,3-5H2,1-2H3,(H,10,11). The molecule has 0 aromatic rings. The van der Waals surface area contributed by atoms with Gasteiger partial charge in [-0.05, 0) is 12.8 Å². The highest BCUT2D eigenvalue weighted by molar-refractivity contribution is 5.86. The molecule has 0 radical (unpaired) electrons. The first-order valence-corrected chi connectivity index (χ1v) is 3.95. The molecule has 62 valence electrons. The van der Waals surface area contributed by atoms with Crippen molar-refractivity contribution in [1.29, 1.82) is 0 Å². The topological polar surface area (TPSA) is 37.3 Å². The van der Waals surface area contributed by atoms with E-state index >= 15 is 0 Å². The zero-order chi connectivity index (χ0) is 8.69. The van der Waals surface area contributed by atoms with Crippen molar-refractivity contribution in [3.05, 3.63) is 0 Å². The second-order valence-corrected chi connectivity index (χ2v) is 2.47. The third-order valence-corrected chi connectivity index (χ3v) is 1.51. The zero-order valence-electron chi connectivity index (χ0n) is 7.05. The van der Waals surface area contributed by atoms with Crippen LogP contribution in [0.4, 0.5) is 0 Å². The van der Waals surface area contributed by atoms with Gasteiger partial charge in [0, 0.05) is 11.8 Å². The molecule has 11 heavy (non-hydrogen) atoms. The Morgan fingerprint density at radius 1 is 1.55 bits per heavy atom. The zero-order valence-corrected chi connectivity index (χ0v) is 7.05. The lowest BCUT2D eigenvalue weighted by molar-refractivity contribution is -0.130. The smallest absolute Gasteiger partial charge is 0.381 e. The molecule has 0 saturated carbocycles. The minimum Gasteiger partial charge on any atom is -0.472 e. The Balaban J connectivity index is 3.88. The molecule has 0 aromatic carbocycles. The Hall–Kier alpha value is -0.970. The summed E-state index contributed by atoms with van der Waals surface area (Å²) in [4.78, 5) is 10.1. The molecule has 0 aliphatic carbocycles. The van der Waals surface area contributed by atoms with E-state index in [1.54, 1.807) is 0 Å². The second kappa shape index (κ2) is 5.79. The van der Waals surface area contributed by atoms with Gasteiger partial charge in [0.05, 0.1) is 0 Å². The van der Waals surface area contributed by atoms with Crippen LogP contribution in [0.2, 0.25) is 0 Å². The van der Waals surface area contributed by atoms with Gasteiger partial charge in [-0.1, -0.05) is 26.2 Å². The summed E-state index contributed by atoms with van der Waals surface area (Å²) in [6, 6.07) is 0. The SMILES string of the molecule is CCCC(C#CC(=O)O)CC. The van der Waals surface area contributed by atoms with Crippen molar-refractivity contribution >= 4 is 5.97 Å². The van der Waals surface area contributed by atoms with Gasteiger partial charge >= 0.3 is 5.97 Å². The van der Waals surface area contributed by atoms with Crippen LogP contribution in [0.15, 0.2) is 0 Å². The van der Waals surface area contributed by atoms with Gasteiger partial charge < -0.3 is 5.11 Å². The molecule has 0 rings (SSSR count). The molecule has 0 bridgehead atoms. The van der Waals surface area contributed by atoms with Crippen LogP contribution in [0.25, 0.3) is 0 Å². The predicted molar refractivity (Wildman–Crippen MR) is 44.1 cm³/mol. The molecule has 0 heterocycles. The Kier molecular flexibility index (Phi) is 5.28. The fraction of sp³-hybridized carbons (Fsp3) is 0.667. The Morgan fingerprint density at radius 2 is 2.18 bits per heavy atom. The third-order valence-electron chi connectivity index (χ3n) is 1.51. The van der Waals surface area contributed by atoms with E-state index in [1.165, 1.54) is 0 Å². The number of aliphatic carboxylic acids is 1. The molecular formula is C9H14O2. The van der Waals surface area contributed by atoms with Gasteiger partial charge in [-0.2, -0.15) is 0 Å². The maximum Gasteiger partial charge on any atom is 0.381 e. The molecule has 0 aliphatic rings. The van der Waals surface area contributed by atoms with Crippen LogP contribution in [-0.4, -0.2) is 11.1 Å². The normalized spacial score (nSPS) is 11.5. The van der Waals surface area contributed by atoms with Crippen LogP contribution in [0.5, 0.6) is 0 Å². The van der Waals surface area contributed by atoms with Gasteiger partial charge in [0.25, 0.3) is 0 Å². The average Bonchev–Trinajstić information content (AvgIpc) is 1.97. The number of hydrogen-bond donors (Lipinski definition) is 1. The number of hydrogen-bond acceptors (Lipinski definition) is 1. The van der Waals surface area contributed by atoms with Gasteiger partial charge in [-0.15, -0.1) is 0 Å². The molecule has 1 N–H and O–H groups in total. The quantitative estimate of drug-likeness (QED) is 0.630. The van der Waals surface area contributed by atoms with Gasteiger partial charge in [0.15, 0.2) is 0 Å². The molecule has 0 fully saturated rings. The van der Waals surface area contributed by atoms with E-state index in [2.05, 4.69) is 18.8 Å². The highest BCUT2D eigenvalue weighted by atomic mass is 16.4. The predicted octanol–water partition coefficient (Wildman–Crippen LogP) is 1.90. The molecule has 2 heteroatoms. The fourth-order valence-electron chi connectivity index (χ4n) is 0.891. The lowest BCUT2D eigenvalue weighted by Crippen LogP contribution is -1.96. The molecule has 0 saturated heterocycles. The van der Waals surface area contributed by atoms with E-state index in [0.717, 1.165) is 19.3 Å². The fourth-order valence-corrected chi connectivity index (χ4v) is 0.891. The van der Waals surface area contributed by atoms with Crippen molar-refractivity contribution in [1.82, 2.24) is 0 Å². The Labute approximate surface area is 67.6 Å². The number of rotatable bonds is 3. The van der Waals surface area contributed by atoms with Gasteiger partial charge in [-0.25, -0.2) is 4.79 Å². The molecular weight excluding hydrogens is 140 g/mol. The summed E-state index contributed by atoms with van der Waals surface area (Å²) in [7, 11) is 0. The summed E-state index contributed by atoms with van der Waals surface area (Å²) in [5.74, 6) is 4.10. The second-order valence-electron chi connectivity index (χ2n) is 2.47. The lowest BCUT2D eigenvalue weighted by atomic mass is 10.0. The van der Waals surface area contributed by atoms with E-state index in [-0.39, 0.29) is 5.92 Å². The van der Waals surface area contributed by atoms with Crippen LogP contribution < -0.4 is 0 Å². The van der Waals surface area contributed by atoms with Crippen LogP contribution in [0.3, 0.4) is 0 Å². The Bertz CT molecular complexity index is 174. The summed E-state index contributed by atoms with van der Waals surface area (Å²) >= 11 is 0. The summed E-state index contributed by atoms with van der Waals surface area (Å²) in [6.45, 7) is 4.10. The van der Waals surface area contributed by atoms with Crippen LogP contribution in [0, 0.1) is 17.8 Å². The monoisotopic (exact) mass is 154 g/mol. The summed E-state index contributed by atoms with van der Waals surface area (Å²) in [5, 5.41) is 8.25. The molecule has 0 aromatic heterocycles. The third kappa shape index (κ3) is 5.47. The molecule has 1 unspecified atom stereocenters. The van der Waals surface area contributed by atoms with Gasteiger partial charge in [-0.3, -0.25) is 0 Å². The number of carboxylic acids is 1. The highest BCUT2D eigenvalue weighted by Crippen LogP contribution is 2.08. The number of carbonyl (C=O) groups is 1. The van der Waals surface area contributed by atoms with Crippen LogP contribution in [-0.2, 0) is 4.79 Å². The molecule has 2 nitrogen and oxygen atoms in total. The summed E-state index contributed by atoms with van der Waals surface area (Å²) in [5.41, 5.74) is 0. The van der Waals surface area contributed by atoms with E-state index in [9.17, 15) is 4.79 Å². The average molecular weight is 154 g/mol. The van der Waals surface area contributed by atoms with Gasteiger partial charge in [0.1, 0.15) is 0 Å². The highest BCUT2D eigenvalue weighted by Gasteiger charge is 1.99. The van der Waals surface area contributed by atoms with E-state index < -0.39 is 5.97 Å². The molecule has 1 atom stereocenters. The minimum atomic E-state index is -1.03. The van der Waals surface area contributed by atoms with E-state index in [4.69, 9.17) is 5.11 Å². The van der Waals surface area contributed by atoms with Crippen LogP contribution in [0.1, 0.15) is 33.1 Å². The van der Waals surface area contributed by atoms with Gasteiger partial charge in [0.2, 0.25) is 0 Å². The largest absolute Gasteiger partial charge is 0.472 e. The Morgan fingerprint density at radius 3 is 2.55 bits per heavy atom. The molecule has 0 aliphatic heterocycles. The first-order valence-electron chi connectivity index (χ1n) is 3.95. The lowest BCUT2D eigenvalue weighted by Gasteiger charge is -2.02. The summed E-state index contributed by atoms with van der Waals surface area (Å²) in [6.07, 6.45) is 3.00. The summed E-state index contributed by atoms with van der Waals surface area (Å²) < 4.78 is 0. The van der Waals surface area contributed by atoms with Crippen LogP contribution >= 0.6 is 0 Å². The maximum absolute atomic E-state index is 10.1. The van der Waals surface area contributed by atoms with Crippen molar-refractivity contribution in [2.24, 2.45) is 5.92 Å². The molecule has 0 spiro atoms. The van der Waals surface area contributed by atoms with Crippen molar-refractivity contribution < 1.29 is 9.90 Å². The first kappa shape index (κ1) is 10.0. The minimum absolute atomic E-state index is 0.260. The van der Waals surface area contributed by atoms with Crippen molar-refractivity contribution in [3.8, 4) is 11.8 Å². The molecule has 0 amide bonds. The number of carboxylic acid groups (broad SMARTS) is 1. The van der Waals surface area contributed by atoms with E-state index in [1.807, 2.05) is 6.92 Å². The van der Waals surface area contributed by atoms with Crippen molar-refractivity contribution in [2.45, 2.75) is 33.1 Å². The van der Waals surface area contributed by atoms with Crippen molar-refractivity contribution in [3.63, 3.8) is 0 Å². The van der Waals surface area contributed by atoms with E-state index in [0.29, 0.717) is 0 Å².